The van der Waals surface area contributed by atoms with Crippen molar-refractivity contribution in [1.82, 2.24) is 14.4 Å². The minimum Gasteiger partial charge on any atom is -0.505 e. The second-order valence-electron chi connectivity index (χ2n) is 9.39. The minimum atomic E-state index is -0.856. The summed E-state index contributed by atoms with van der Waals surface area (Å²) in [5.41, 5.74) is 3.21. The molecule has 0 saturated carbocycles. The molecule has 1 N–H and O–H groups in total. The quantitative estimate of drug-likeness (QED) is 0.124. The largest absolute Gasteiger partial charge is 0.505 e. The molecule has 4 aromatic rings. The lowest BCUT2D eigenvalue weighted by Crippen LogP contribution is -2.29. The zero-order valence-corrected chi connectivity index (χ0v) is 22.5. The number of ketones is 1. The Labute approximate surface area is 225 Å². The van der Waals surface area contributed by atoms with Gasteiger partial charge < -0.3 is 14.2 Å². The van der Waals surface area contributed by atoms with Gasteiger partial charge in [0.1, 0.15) is 17.1 Å². The van der Waals surface area contributed by atoms with E-state index < -0.39 is 17.7 Å². The molecule has 196 valence electrons. The van der Waals surface area contributed by atoms with Gasteiger partial charge >= 0.3 is 5.91 Å². The number of fused-ring (bicyclic) bond motifs is 1. The van der Waals surface area contributed by atoms with Gasteiger partial charge in [0.05, 0.1) is 23.9 Å². The Kier molecular flexibility index (Phi) is 7.28. The number of hydrogen-bond donors (Lipinski definition) is 1. The number of benzene rings is 1. The standard InChI is InChI=1S/C29H30N4O4S/c1-4-5-6-7-16-37-21-12-10-20(11-13-21)24-22(26(35)28(36)33(24)29-30-14-17-38-29)25(34)23-19(3)32-15-8-9-18(2)27(32)31-23/h8-15,17,24,34H,4-7,16H2,1-3H3. The normalized spacial score (nSPS) is 17.0. The number of amides is 1. The molecule has 9 heteroatoms. The fraction of sp³-hybridized carbons (Fsp3) is 0.310. The van der Waals surface area contributed by atoms with Gasteiger partial charge in [-0.1, -0.05) is 44.4 Å². The van der Waals surface area contributed by atoms with Crippen LogP contribution in [0.4, 0.5) is 5.13 Å². The van der Waals surface area contributed by atoms with E-state index in [4.69, 9.17) is 4.74 Å². The van der Waals surface area contributed by atoms with Crippen molar-refractivity contribution < 1.29 is 19.4 Å². The number of carbonyl (C=O) groups is 2. The van der Waals surface area contributed by atoms with Crippen LogP contribution in [-0.4, -0.2) is 37.8 Å². The summed E-state index contributed by atoms with van der Waals surface area (Å²) in [6.07, 6.45) is 7.90. The van der Waals surface area contributed by atoms with Crippen LogP contribution in [0.1, 0.15) is 61.2 Å². The van der Waals surface area contributed by atoms with Gasteiger partial charge in [-0.05, 0) is 49.6 Å². The van der Waals surface area contributed by atoms with E-state index in [0.717, 1.165) is 18.4 Å². The van der Waals surface area contributed by atoms with Gasteiger partial charge in [0.25, 0.3) is 5.78 Å². The number of anilines is 1. The average molecular weight is 531 g/mol. The molecule has 0 radical (unpaired) electrons. The summed E-state index contributed by atoms with van der Waals surface area (Å²) in [6.45, 7) is 6.56. The van der Waals surface area contributed by atoms with Gasteiger partial charge in [-0.15, -0.1) is 11.3 Å². The molecule has 4 heterocycles. The highest BCUT2D eigenvalue weighted by atomic mass is 32.1. The van der Waals surface area contributed by atoms with E-state index in [9.17, 15) is 14.7 Å². The Morgan fingerprint density at radius 1 is 1.11 bits per heavy atom. The highest BCUT2D eigenvalue weighted by Gasteiger charge is 2.48. The lowest BCUT2D eigenvalue weighted by molar-refractivity contribution is -0.132. The minimum absolute atomic E-state index is 0.0115. The number of aromatic nitrogens is 3. The molecule has 3 aromatic heterocycles. The average Bonchev–Trinajstić information content (AvgIpc) is 3.63. The van der Waals surface area contributed by atoms with E-state index in [-0.39, 0.29) is 17.0 Å². The van der Waals surface area contributed by atoms with Crippen molar-refractivity contribution in [3.8, 4) is 5.75 Å². The Morgan fingerprint density at radius 3 is 2.58 bits per heavy atom. The van der Waals surface area contributed by atoms with Gasteiger partial charge in [-0.25, -0.2) is 9.97 Å². The third-order valence-electron chi connectivity index (χ3n) is 6.84. The molecular formula is C29H30N4O4S. The van der Waals surface area contributed by atoms with Gasteiger partial charge in [0, 0.05) is 17.8 Å². The molecule has 1 aliphatic rings. The van der Waals surface area contributed by atoms with E-state index in [0.29, 0.717) is 34.4 Å². The monoisotopic (exact) mass is 530 g/mol. The van der Waals surface area contributed by atoms with Crippen LogP contribution >= 0.6 is 11.3 Å². The van der Waals surface area contributed by atoms with Gasteiger partial charge in [0.2, 0.25) is 0 Å². The van der Waals surface area contributed by atoms with E-state index in [1.165, 1.54) is 29.1 Å². The molecule has 1 aromatic carbocycles. The summed E-state index contributed by atoms with van der Waals surface area (Å²) in [5.74, 6) is -1.10. The van der Waals surface area contributed by atoms with Gasteiger partial charge in [0.15, 0.2) is 10.9 Å². The van der Waals surface area contributed by atoms with E-state index in [2.05, 4.69) is 16.9 Å². The van der Waals surface area contributed by atoms with Gasteiger partial charge in [-0.3, -0.25) is 14.5 Å². The van der Waals surface area contributed by atoms with Crippen molar-refractivity contribution in [3.63, 3.8) is 0 Å². The number of hydrogen-bond acceptors (Lipinski definition) is 7. The third-order valence-corrected chi connectivity index (χ3v) is 7.61. The number of pyridine rings is 1. The topological polar surface area (TPSA) is 97.0 Å². The molecule has 0 spiro atoms. The number of aryl methyl sites for hydroxylation is 2. The SMILES string of the molecule is CCCCCCOc1ccc(C2C(=C(O)c3nc4c(C)cccn4c3C)C(=O)C(=O)N2c2nccs2)cc1. The summed E-state index contributed by atoms with van der Waals surface area (Å²) in [5, 5.41) is 13.7. The number of carbonyl (C=O) groups excluding carboxylic acids is 2. The Morgan fingerprint density at radius 2 is 1.89 bits per heavy atom. The van der Waals surface area contributed by atoms with Crippen LogP contribution in [0.2, 0.25) is 0 Å². The number of unbranched alkanes of at least 4 members (excludes halogenated alkanes) is 3. The van der Waals surface area contributed by atoms with E-state index >= 15 is 0 Å². The first kappa shape index (κ1) is 25.7. The predicted octanol–water partition coefficient (Wildman–Crippen LogP) is 5.99. The Hall–Kier alpha value is -3.98. The third kappa shape index (κ3) is 4.58. The lowest BCUT2D eigenvalue weighted by atomic mass is 9.96. The summed E-state index contributed by atoms with van der Waals surface area (Å²) < 4.78 is 7.75. The Balaban J connectivity index is 1.57. The number of Topliss-reactive ketones (excluding diaryl/α,β-unsaturated/α-hetero) is 1. The zero-order chi connectivity index (χ0) is 26.8. The number of thiazole rings is 1. The smallest absolute Gasteiger partial charge is 0.301 e. The molecule has 0 aliphatic carbocycles. The number of nitrogens with zero attached hydrogens (tertiary/aromatic N) is 4. The lowest BCUT2D eigenvalue weighted by Gasteiger charge is -2.23. The zero-order valence-electron chi connectivity index (χ0n) is 21.7. The van der Waals surface area contributed by atoms with Crippen LogP contribution < -0.4 is 9.64 Å². The van der Waals surface area contributed by atoms with Crippen molar-refractivity contribution in [2.45, 2.75) is 52.5 Å². The van der Waals surface area contributed by atoms with Crippen molar-refractivity contribution >= 4 is 39.6 Å². The Bertz CT molecular complexity index is 1510. The molecular weight excluding hydrogens is 500 g/mol. The second kappa shape index (κ2) is 10.8. The van der Waals surface area contributed by atoms with Crippen molar-refractivity contribution in [2.75, 3.05) is 11.5 Å². The van der Waals surface area contributed by atoms with Crippen molar-refractivity contribution in [1.29, 1.82) is 0 Å². The number of rotatable bonds is 9. The van der Waals surface area contributed by atoms with Crippen LogP contribution in [-0.2, 0) is 9.59 Å². The predicted molar refractivity (Wildman–Crippen MR) is 148 cm³/mol. The van der Waals surface area contributed by atoms with Crippen LogP contribution in [0.15, 0.2) is 59.7 Å². The molecule has 8 nitrogen and oxygen atoms in total. The molecule has 1 saturated heterocycles. The van der Waals surface area contributed by atoms with Gasteiger partial charge in [-0.2, -0.15) is 0 Å². The summed E-state index contributed by atoms with van der Waals surface area (Å²) in [4.78, 5) is 37.0. The summed E-state index contributed by atoms with van der Waals surface area (Å²) in [7, 11) is 0. The van der Waals surface area contributed by atoms with Crippen molar-refractivity contribution in [3.05, 3.63) is 82.3 Å². The molecule has 38 heavy (non-hydrogen) atoms. The molecule has 5 rings (SSSR count). The van der Waals surface area contributed by atoms with Crippen LogP contribution in [0.3, 0.4) is 0 Å². The van der Waals surface area contributed by atoms with Crippen molar-refractivity contribution in [2.24, 2.45) is 0 Å². The first-order valence-corrected chi connectivity index (χ1v) is 13.7. The maximum absolute atomic E-state index is 13.4. The van der Waals surface area contributed by atoms with E-state index in [1.807, 2.05) is 60.8 Å². The number of ether oxygens (including phenoxy) is 1. The van der Waals surface area contributed by atoms with Crippen LogP contribution in [0, 0.1) is 13.8 Å². The first-order valence-electron chi connectivity index (χ1n) is 12.8. The molecule has 1 aliphatic heterocycles. The number of aliphatic hydroxyl groups is 1. The maximum Gasteiger partial charge on any atom is 0.301 e. The first-order chi connectivity index (χ1) is 18.4. The number of aliphatic hydroxyl groups excluding tert-OH is 1. The summed E-state index contributed by atoms with van der Waals surface area (Å²) >= 11 is 1.26. The van der Waals surface area contributed by atoms with Crippen LogP contribution in [0.5, 0.6) is 5.75 Å². The highest BCUT2D eigenvalue weighted by Crippen LogP contribution is 2.43. The fourth-order valence-corrected chi connectivity index (χ4v) is 5.49. The molecule has 1 amide bonds. The molecule has 0 bridgehead atoms. The second-order valence-corrected chi connectivity index (χ2v) is 10.3. The highest BCUT2D eigenvalue weighted by molar-refractivity contribution is 7.14. The molecule has 1 unspecified atom stereocenters. The summed E-state index contributed by atoms with van der Waals surface area (Å²) in [6, 6.07) is 10.3. The molecule has 1 atom stereocenters. The maximum atomic E-state index is 13.4. The number of imidazole rings is 1. The fourth-order valence-electron chi connectivity index (χ4n) is 4.82. The van der Waals surface area contributed by atoms with Crippen LogP contribution in [0.25, 0.3) is 11.4 Å². The molecule has 1 fully saturated rings. The van der Waals surface area contributed by atoms with E-state index in [1.54, 1.807) is 11.6 Å².